The van der Waals surface area contributed by atoms with Crippen LogP contribution < -0.4 is 0 Å². The fourth-order valence-corrected chi connectivity index (χ4v) is 4.28. The zero-order valence-corrected chi connectivity index (χ0v) is 10.9. The van der Waals surface area contributed by atoms with Crippen molar-refractivity contribution in [2.75, 3.05) is 0 Å². The topological polar surface area (TPSA) is 0 Å². The van der Waals surface area contributed by atoms with Crippen LogP contribution in [0.4, 0.5) is 0 Å². The Morgan fingerprint density at radius 1 is 1.30 bits per heavy atom. The van der Waals surface area contributed by atoms with Gasteiger partial charge >= 0.3 is 0 Å². The van der Waals surface area contributed by atoms with Gasteiger partial charge in [-0.15, -0.1) is 0 Å². The van der Waals surface area contributed by atoms with Crippen LogP contribution in [0.5, 0.6) is 0 Å². The number of hydrogen-bond acceptors (Lipinski definition) is 0. The van der Waals surface area contributed by atoms with E-state index in [9.17, 15) is 0 Å². The first-order chi connectivity index (χ1) is 4.37. The first-order valence-electron chi connectivity index (χ1n) is 3.44. The second-order valence-electron chi connectivity index (χ2n) is 3.44. The molecule has 60 valence electrons. The van der Waals surface area contributed by atoms with Gasteiger partial charge in [0.2, 0.25) is 0 Å². The van der Waals surface area contributed by atoms with E-state index in [1.165, 1.54) is 12.8 Å². The SMILES string of the molecule is CC(C)CC1(Br)CC1(Br)Br. The van der Waals surface area contributed by atoms with E-state index in [0.717, 1.165) is 5.92 Å². The van der Waals surface area contributed by atoms with Crippen molar-refractivity contribution < 1.29 is 0 Å². The summed E-state index contributed by atoms with van der Waals surface area (Å²) >= 11 is 10.9. The molecule has 0 saturated heterocycles. The maximum Gasteiger partial charge on any atom is 0.0972 e. The predicted octanol–water partition coefficient (Wildman–Crippen LogP) is 4.06. The fraction of sp³-hybridized carbons (Fsp3) is 1.00. The van der Waals surface area contributed by atoms with Gasteiger partial charge in [0, 0.05) is 0 Å². The molecule has 0 aromatic carbocycles. The summed E-state index contributed by atoms with van der Waals surface area (Å²) in [6.07, 6.45) is 2.40. The Kier molecular flexibility index (Phi) is 2.61. The summed E-state index contributed by atoms with van der Waals surface area (Å²) in [5.74, 6) is 0.761. The van der Waals surface area contributed by atoms with Gasteiger partial charge < -0.3 is 0 Å². The Balaban J connectivity index is 2.44. The Hall–Kier alpha value is 1.44. The van der Waals surface area contributed by atoms with E-state index in [4.69, 9.17) is 0 Å². The minimum absolute atomic E-state index is 0.178. The molecule has 3 heteroatoms. The lowest BCUT2D eigenvalue weighted by molar-refractivity contribution is 0.568. The maximum absolute atomic E-state index is 3.72. The summed E-state index contributed by atoms with van der Waals surface area (Å²) in [6, 6.07) is 0. The summed E-state index contributed by atoms with van der Waals surface area (Å²) in [6.45, 7) is 4.49. The van der Waals surface area contributed by atoms with Crippen LogP contribution >= 0.6 is 47.8 Å². The third-order valence-electron chi connectivity index (χ3n) is 1.76. The van der Waals surface area contributed by atoms with Gasteiger partial charge in [0.15, 0.2) is 0 Å². The molecule has 0 bridgehead atoms. The van der Waals surface area contributed by atoms with Gasteiger partial charge in [-0.3, -0.25) is 0 Å². The average molecular weight is 335 g/mol. The van der Waals surface area contributed by atoms with E-state index in [-0.39, 0.29) is 3.23 Å². The van der Waals surface area contributed by atoms with Crippen molar-refractivity contribution in [3.05, 3.63) is 0 Å². The van der Waals surface area contributed by atoms with Crippen LogP contribution in [0.2, 0.25) is 0 Å². The molecule has 0 aromatic rings. The summed E-state index contributed by atoms with van der Waals surface area (Å²) in [7, 11) is 0. The zero-order chi connectivity index (χ0) is 7.99. The van der Waals surface area contributed by atoms with Gasteiger partial charge in [-0.2, -0.15) is 0 Å². The van der Waals surface area contributed by atoms with Gasteiger partial charge in [-0.1, -0.05) is 61.6 Å². The van der Waals surface area contributed by atoms with Gasteiger partial charge in [0.1, 0.15) is 0 Å². The molecule has 0 N–H and O–H groups in total. The van der Waals surface area contributed by atoms with Crippen molar-refractivity contribution in [1.82, 2.24) is 0 Å². The van der Waals surface area contributed by atoms with E-state index in [2.05, 4.69) is 61.6 Å². The molecule has 0 amide bonds. The molecular weight excluding hydrogens is 324 g/mol. The van der Waals surface area contributed by atoms with Gasteiger partial charge in [0.25, 0.3) is 0 Å². The highest BCUT2D eigenvalue weighted by molar-refractivity contribution is 9.26. The van der Waals surface area contributed by atoms with E-state index in [1.807, 2.05) is 0 Å². The molecule has 0 nitrogen and oxygen atoms in total. The molecule has 0 radical (unpaired) electrons. The Morgan fingerprint density at radius 3 is 1.80 bits per heavy atom. The molecular formula is C7H11Br3. The molecule has 1 aliphatic rings. The number of alkyl halides is 3. The second kappa shape index (κ2) is 2.74. The molecule has 0 spiro atoms. The Morgan fingerprint density at radius 2 is 1.70 bits per heavy atom. The lowest BCUT2D eigenvalue weighted by atomic mass is 10.1. The summed E-state index contributed by atoms with van der Waals surface area (Å²) in [4.78, 5) is 0. The van der Waals surface area contributed by atoms with Crippen molar-refractivity contribution >= 4 is 47.8 Å². The van der Waals surface area contributed by atoms with Crippen LogP contribution in [0.1, 0.15) is 26.7 Å². The molecule has 1 aliphatic carbocycles. The highest BCUT2D eigenvalue weighted by atomic mass is 79.9. The first kappa shape index (κ1) is 9.53. The number of halogens is 3. The molecule has 1 rings (SSSR count). The van der Waals surface area contributed by atoms with Gasteiger partial charge in [0.05, 0.1) is 7.56 Å². The second-order valence-corrected chi connectivity index (χ2v) is 8.73. The van der Waals surface area contributed by atoms with E-state index in [0.29, 0.717) is 4.32 Å². The van der Waals surface area contributed by atoms with Gasteiger partial charge in [-0.05, 0) is 18.8 Å². The number of rotatable bonds is 2. The highest BCUT2D eigenvalue weighted by Gasteiger charge is 2.63. The molecule has 0 aromatic heterocycles. The summed E-state index contributed by atoms with van der Waals surface area (Å²) in [5.41, 5.74) is 0. The lowest BCUT2D eigenvalue weighted by Gasteiger charge is -2.12. The third kappa shape index (κ3) is 1.78. The summed E-state index contributed by atoms with van der Waals surface area (Å²) < 4.78 is 0.492. The smallest absolute Gasteiger partial charge is 0.0828 e. The van der Waals surface area contributed by atoms with Crippen LogP contribution in [-0.2, 0) is 0 Å². The van der Waals surface area contributed by atoms with E-state index in [1.54, 1.807) is 0 Å². The average Bonchev–Trinajstić information content (AvgIpc) is 2.01. The van der Waals surface area contributed by atoms with Crippen LogP contribution in [-0.4, -0.2) is 7.56 Å². The monoisotopic (exact) mass is 332 g/mol. The Bertz CT molecular complexity index is 142. The zero-order valence-electron chi connectivity index (χ0n) is 6.13. The van der Waals surface area contributed by atoms with Crippen LogP contribution in [0.3, 0.4) is 0 Å². The quantitative estimate of drug-likeness (QED) is 0.668. The highest BCUT2D eigenvalue weighted by Crippen LogP contribution is 2.67. The largest absolute Gasteiger partial charge is 0.0972 e. The minimum Gasteiger partial charge on any atom is -0.0828 e. The summed E-state index contributed by atoms with van der Waals surface area (Å²) in [5, 5.41) is 0. The van der Waals surface area contributed by atoms with Crippen molar-refractivity contribution in [3.8, 4) is 0 Å². The van der Waals surface area contributed by atoms with Crippen molar-refractivity contribution in [2.24, 2.45) is 5.92 Å². The van der Waals surface area contributed by atoms with Crippen LogP contribution in [0.15, 0.2) is 0 Å². The Labute approximate surface area is 87.5 Å². The molecule has 10 heavy (non-hydrogen) atoms. The maximum atomic E-state index is 3.72. The lowest BCUT2D eigenvalue weighted by Crippen LogP contribution is -2.10. The fourth-order valence-electron chi connectivity index (χ4n) is 1.18. The normalized spacial score (nSPS) is 36.6. The first-order valence-corrected chi connectivity index (χ1v) is 5.82. The third-order valence-corrected chi connectivity index (χ3v) is 6.19. The predicted molar refractivity (Wildman–Crippen MR) is 56.3 cm³/mol. The molecule has 0 aliphatic heterocycles. The number of hydrogen-bond donors (Lipinski definition) is 0. The minimum atomic E-state index is 0.178. The molecule has 1 atom stereocenters. The van der Waals surface area contributed by atoms with Crippen molar-refractivity contribution in [3.63, 3.8) is 0 Å². The molecule has 1 saturated carbocycles. The molecule has 1 unspecified atom stereocenters. The molecule has 1 fully saturated rings. The van der Waals surface area contributed by atoms with Crippen molar-refractivity contribution in [2.45, 2.75) is 34.2 Å². The van der Waals surface area contributed by atoms with Crippen LogP contribution in [0, 0.1) is 5.92 Å². The molecule has 0 heterocycles. The standard InChI is InChI=1S/C7H11Br3/c1-5(2)3-6(8)4-7(6,9)10/h5H,3-4H2,1-2H3. The van der Waals surface area contributed by atoms with E-state index < -0.39 is 0 Å². The van der Waals surface area contributed by atoms with Gasteiger partial charge in [-0.25, -0.2) is 0 Å². The van der Waals surface area contributed by atoms with Crippen LogP contribution in [0.25, 0.3) is 0 Å². The van der Waals surface area contributed by atoms with E-state index >= 15 is 0 Å². The van der Waals surface area contributed by atoms with Crippen molar-refractivity contribution in [1.29, 1.82) is 0 Å².